The second kappa shape index (κ2) is 9.05. The smallest absolute Gasteiger partial charge is 0.271 e. The second-order valence-corrected chi connectivity index (χ2v) is 8.85. The molecule has 0 spiro atoms. The molecule has 0 aliphatic rings. The number of nitrogens with zero attached hydrogens (tertiary/aromatic N) is 2. The van der Waals surface area contributed by atoms with Crippen LogP contribution in [0.25, 0.3) is 0 Å². The van der Waals surface area contributed by atoms with Crippen LogP contribution in [0.1, 0.15) is 25.0 Å². The molecule has 162 valence electrons. The van der Waals surface area contributed by atoms with Gasteiger partial charge in [0.15, 0.2) is 0 Å². The van der Waals surface area contributed by atoms with E-state index in [1.807, 2.05) is 0 Å². The van der Waals surface area contributed by atoms with E-state index in [1.165, 1.54) is 12.1 Å². The summed E-state index contributed by atoms with van der Waals surface area (Å²) in [5.74, 6) is -0.824. The van der Waals surface area contributed by atoms with E-state index in [0.717, 1.165) is 17.7 Å². The first-order chi connectivity index (χ1) is 13.8. The predicted molar refractivity (Wildman–Crippen MR) is 109 cm³/mol. The maximum absolute atomic E-state index is 13.3. The summed E-state index contributed by atoms with van der Waals surface area (Å²) in [6.07, 6.45) is -4.81. The Labute approximate surface area is 177 Å². The molecule has 0 aliphatic carbocycles. The van der Waals surface area contributed by atoms with Crippen LogP contribution in [-0.4, -0.2) is 26.6 Å². The summed E-state index contributed by atoms with van der Waals surface area (Å²) in [5, 5.41) is 3.11. The van der Waals surface area contributed by atoms with Gasteiger partial charge in [0.05, 0.1) is 21.2 Å². The minimum absolute atomic E-state index is 0.181. The summed E-state index contributed by atoms with van der Waals surface area (Å²) in [4.78, 5) is 12.1. The molecular formula is C19H19ClF3N3O3S. The Hall–Kier alpha value is -2.59. The van der Waals surface area contributed by atoms with Gasteiger partial charge < -0.3 is 0 Å². The highest BCUT2D eigenvalue weighted by Gasteiger charge is 2.35. The van der Waals surface area contributed by atoms with Gasteiger partial charge in [0.2, 0.25) is 0 Å². The lowest BCUT2D eigenvalue weighted by atomic mass is 10.2. The number of aryl methyl sites for hydroxylation is 1. The number of rotatable bonds is 6. The number of sulfonamides is 1. The molecule has 0 atom stereocenters. The number of benzene rings is 2. The molecule has 30 heavy (non-hydrogen) atoms. The summed E-state index contributed by atoms with van der Waals surface area (Å²) < 4.78 is 66.7. The van der Waals surface area contributed by atoms with Gasteiger partial charge in [-0.15, -0.1) is 0 Å². The summed E-state index contributed by atoms with van der Waals surface area (Å²) >= 11 is 5.64. The highest BCUT2D eigenvalue weighted by atomic mass is 35.5. The molecule has 0 aromatic heterocycles. The van der Waals surface area contributed by atoms with Gasteiger partial charge in [0.1, 0.15) is 6.54 Å². The molecule has 0 saturated carbocycles. The van der Waals surface area contributed by atoms with Gasteiger partial charge in [-0.05, 0) is 51.1 Å². The number of hydrogen-bond donors (Lipinski definition) is 1. The van der Waals surface area contributed by atoms with E-state index in [1.54, 1.807) is 32.9 Å². The molecule has 2 aromatic rings. The number of amides is 1. The number of anilines is 1. The zero-order valence-electron chi connectivity index (χ0n) is 16.3. The van der Waals surface area contributed by atoms with Crippen molar-refractivity contribution in [3.05, 3.63) is 58.6 Å². The number of carbonyl (C=O) groups is 1. The van der Waals surface area contributed by atoms with E-state index in [-0.39, 0.29) is 10.6 Å². The second-order valence-electron chi connectivity index (χ2n) is 6.58. The van der Waals surface area contributed by atoms with Crippen LogP contribution in [-0.2, 0) is 21.0 Å². The van der Waals surface area contributed by atoms with E-state index in [2.05, 4.69) is 10.5 Å². The molecule has 0 heterocycles. The molecule has 0 aliphatic heterocycles. The molecule has 0 bridgehead atoms. The number of nitrogens with one attached hydrogen (secondary N) is 1. The maximum Gasteiger partial charge on any atom is 0.417 e. The third-order valence-electron chi connectivity index (χ3n) is 3.84. The Morgan fingerprint density at radius 1 is 1.13 bits per heavy atom. The lowest BCUT2D eigenvalue weighted by Gasteiger charge is -2.25. The quantitative estimate of drug-likeness (QED) is 0.512. The van der Waals surface area contributed by atoms with Crippen LogP contribution >= 0.6 is 11.6 Å². The Morgan fingerprint density at radius 3 is 2.27 bits per heavy atom. The number of hydrazone groups is 1. The van der Waals surface area contributed by atoms with Crippen molar-refractivity contribution in [1.82, 2.24) is 5.43 Å². The van der Waals surface area contributed by atoms with E-state index in [4.69, 9.17) is 11.6 Å². The van der Waals surface area contributed by atoms with Crippen molar-refractivity contribution in [3.8, 4) is 0 Å². The molecular weight excluding hydrogens is 443 g/mol. The minimum Gasteiger partial charge on any atom is -0.271 e. The molecule has 2 aromatic carbocycles. The van der Waals surface area contributed by atoms with Crippen LogP contribution in [0.15, 0.2) is 52.5 Å². The fourth-order valence-corrected chi connectivity index (χ4v) is 4.02. The number of alkyl halides is 3. The zero-order valence-corrected chi connectivity index (χ0v) is 17.9. The van der Waals surface area contributed by atoms with Gasteiger partial charge >= 0.3 is 6.18 Å². The van der Waals surface area contributed by atoms with Gasteiger partial charge in [-0.25, -0.2) is 13.8 Å². The highest BCUT2D eigenvalue weighted by molar-refractivity contribution is 7.92. The van der Waals surface area contributed by atoms with Crippen LogP contribution in [0.5, 0.6) is 0 Å². The fraction of sp³-hybridized carbons (Fsp3) is 0.263. The van der Waals surface area contributed by atoms with Crippen LogP contribution < -0.4 is 9.73 Å². The lowest BCUT2D eigenvalue weighted by molar-refractivity contribution is -0.137. The normalized spacial score (nSPS) is 11.7. The molecule has 0 unspecified atom stereocenters. The predicted octanol–water partition coefficient (Wildman–Crippen LogP) is 4.37. The van der Waals surface area contributed by atoms with Gasteiger partial charge in [-0.2, -0.15) is 18.3 Å². The van der Waals surface area contributed by atoms with Crippen molar-refractivity contribution in [3.63, 3.8) is 0 Å². The average Bonchev–Trinajstić information content (AvgIpc) is 2.64. The van der Waals surface area contributed by atoms with Crippen molar-refractivity contribution in [2.75, 3.05) is 10.8 Å². The first kappa shape index (κ1) is 23.7. The first-order valence-corrected chi connectivity index (χ1v) is 10.4. The number of carbonyl (C=O) groups excluding carboxylic acids is 1. The lowest BCUT2D eigenvalue weighted by Crippen LogP contribution is -2.39. The molecule has 0 fully saturated rings. The first-order valence-electron chi connectivity index (χ1n) is 8.58. The molecule has 1 N–H and O–H groups in total. The SMILES string of the molecule is CC(C)=NNC(=O)CN(c1ccc(Cl)c(C(F)(F)F)c1)S(=O)(=O)c1ccc(C)cc1. The molecule has 0 radical (unpaired) electrons. The third-order valence-corrected chi connectivity index (χ3v) is 5.96. The standard InChI is InChI=1S/C19H19ClF3N3O3S/c1-12(2)24-25-18(27)11-26(30(28,29)15-7-4-13(3)5-8-15)14-6-9-17(20)16(10-14)19(21,22)23/h4-10H,11H2,1-3H3,(H,25,27). The molecule has 2 rings (SSSR count). The third kappa shape index (κ3) is 5.73. The van der Waals surface area contributed by atoms with Gasteiger partial charge in [-0.3, -0.25) is 9.10 Å². The summed E-state index contributed by atoms with van der Waals surface area (Å²) in [6.45, 7) is 4.18. The summed E-state index contributed by atoms with van der Waals surface area (Å²) in [7, 11) is -4.37. The van der Waals surface area contributed by atoms with E-state index in [0.29, 0.717) is 16.1 Å². The van der Waals surface area contributed by atoms with Crippen molar-refractivity contribution in [2.24, 2.45) is 5.10 Å². The Balaban J connectivity index is 2.58. The number of hydrogen-bond acceptors (Lipinski definition) is 4. The zero-order chi connectivity index (χ0) is 22.7. The highest BCUT2D eigenvalue weighted by Crippen LogP contribution is 2.38. The van der Waals surface area contributed by atoms with Gasteiger partial charge in [0.25, 0.3) is 15.9 Å². The van der Waals surface area contributed by atoms with Crippen LogP contribution in [0, 0.1) is 6.92 Å². The summed E-state index contributed by atoms with van der Waals surface area (Å²) in [5.41, 5.74) is 1.88. The van der Waals surface area contributed by atoms with E-state index < -0.39 is 39.2 Å². The maximum atomic E-state index is 13.3. The van der Waals surface area contributed by atoms with E-state index in [9.17, 15) is 26.4 Å². The molecule has 1 amide bonds. The monoisotopic (exact) mass is 461 g/mol. The fourth-order valence-electron chi connectivity index (χ4n) is 2.38. The van der Waals surface area contributed by atoms with Crippen LogP contribution in [0.3, 0.4) is 0 Å². The van der Waals surface area contributed by atoms with Crippen molar-refractivity contribution in [1.29, 1.82) is 0 Å². The van der Waals surface area contributed by atoms with Crippen LogP contribution in [0.4, 0.5) is 18.9 Å². The Kier molecular flexibility index (Phi) is 7.14. The van der Waals surface area contributed by atoms with Crippen molar-refractivity contribution >= 4 is 38.9 Å². The topological polar surface area (TPSA) is 78.8 Å². The average molecular weight is 462 g/mol. The number of halogens is 4. The largest absolute Gasteiger partial charge is 0.417 e. The Bertz CT molecular complexity index is 1060. The van der Waals surface area contributed by atoms with Gasteiger partial charge in [0, 0.05) is 5.71 Å². The van der Waals surface area contributed by atoms with Crippen molar-refractivity contribution in [2.45, 2.75) is 31.8 Å². The Morgan fingerprint density at radius 2 is 1.73 bits per heavy atom. The molecule has 11 heteroatoms. The molecule has 6 nitrogen and oxygen atoms in total. The van der Waals surface area contributed by atoms with Crippen LogP contribution in [0.2, 0.25) is 5.02 Å². The van der Waals surface area contributed by atoms with Crippen molar-refractivity contribution < 1.29 is 26.4 Å². The molecule has 0 saturated heterocycles. The van der Waals surface area contributed by atoms with Gasteiger partial charge in [-0.1, -0.05) is 29.3 Å². The van der Waals surface area contributed by atoms with E-state index >= 15 is 0 Å². The minimum atomic E-state index is -4.81. The summed E-state index contributed by atoms with van der Waals surface area (Å²) in [6, 6.07) is 8.33.